The van der Waals surface area contributed by atoms with Crippen LogP contribution in [0.3, 0.4) is 0 Å². The van der Waals surface area contributed by atoms with Crippen molar-refractivity contribution >= 4 is 11.8 Å². The third-order valence-corrected chi connectivity index (χ3v) is 4.33. The summed E-state index contributed by atoms with van der Waals surface area (Å²) in [7, 11) is 0. The minimum Gasteiger partial charge on any atom is -0.396 e. The van der Waals surface area contributed by atoms with Gasteiger partial charge in [0.15, 0.2) is 0 Å². The first kappa shape index (κ1) is 16.1. The van der Waals surface area contributed by atoms with Gasteiger partial charge < -0.3 is 10.4 Å². The van der Waals surface area contributed by atoms with Crippen LogP contribution in [0, 0.1) is 5.92 Å². The van der Waals surface area contributed by atoms with Crippen molar-refractivity contribution in [3.63, 3.8) is 0 Å². The van der Waals surface area contributed by atoms with Gasteiger partial charge in [-0.3, -0.25) is 0 Å². The van der Waals surface area contributed by atoms with E-state index in [1.165, 1.54) is 0 Å². The highest BCUT2D eigenvalue weighted by atomic mass is 32.2. The van der Waals surface area contributed by atoms with Crippen molar-refractivity contribution in [3.8, 4) is 0 Å². The maximum absolute atomic E-state index is 12.6. The average Bonchev–Trinajstić information content (AvgIpc) is 2.33. The van der Waals surface area contributed by atoms with Crippen molar-refractivity contribution in [2.24, 2.45) is 5.92 Å². The van der Waals surface area contributed by atoms with Gasteiger partial charge in [-0.15, -0.1) is 0 Å². The molecule has 2 N–H and O–H groups in total. The Morgan fingerprint density at radius 1 is 1.22 bits per heavy atom. The molecule has 2 atom stereocenters. The molecule has 0 aromatic heterocycles. The normalized spacial score (nSPS) is 25.3. The van der Waals surface area contributed by atoms with Gasteiger partial charge in [-0.25, -0.2) is 0 Å². The van der Waals surface area contributed by atoms with Crippen LogP contribution < -0.4 is 5.32 Å². The second kappa shape index (κ2) is 8.27. The molecule has 0 spiro atoms. The van der Waals surface area contributed by atoms with E-state index in [4.69, 9.17) is 5.11 Å². The minimum absolute atomic E-state index is 0.0174. The average molecular weight is 285 g/mol. The zero-order valence-electron chi connectivity index (χ0n) is 10.5. The lowest BCUT2D eigenvalue weighted by atomic mass is 9.85. The molecular formula is C12H22F3NOS. The standard InChI is InChI=1S/C12H22F3NOS/c13-12(14,15)10-3-1-4-11(9-10)16-5-8-18-7-2-6-17/h10-11,16-17H,1-9H2. The summed E-state index contributed by atoms with van der Waals surface area (Å²) in [5.74, 6) is 0.687. The number of thioether (sulfide) groups is 1. The third kappa shape index (κ3) is 6.29. The molecule has 108 valence electrons. The monoisotopic (exact) mass is 285 g/mol. The molecular weight excluding hydrogens is 263 g/mol. The summed E-state index contributed by atoms with van der Waals surface area (Å²) in [4.78, 5) is 0. The van der Waals surface area contributed by atoms with E-state index >= 15 is 0 Å². The molecule has 2 nitrogen and oxygen atoms in total. The van der Waals surface area contributed by atoms with Crippen molar-refractivity contribution in [3.05, 3.63) is 0 Å². The maximum Gasteiger partial charge on any atom is 0.391 e. The van der Waals surface area contributed by atoms with Crippen molar-refractivity contribution in [2.75, 3.05) is 24.7 Å². The molecule has 0 radical (unpaired) electrons. The SMILES string of the molecule is OCCCSCCNC1CCCC(C(F)(F)F)C1. The first-order valence-corrected chi connectivity index (χ1v) is 7.68. The highest BCUT2D eigenvalue weighted by Crippen LogP contribution is 2.37. The van der Waals surface area contributed by atoms with Crippen LogP contribution in [0.15, 0.2) is 0 Å². The van der Waals surface area contributed by atoms with Crippen LogP contribution >= 0.6 is 11.8 Å². The largest absolute Gasteiger partial charge is 0.396 e. The zero-order chi connectivity index (χ0) is 13.4. The van der Waals surface area contributed by atoms with E-state index in [-0.39, 0.29) is 25.5 Å². The molecule has 0 saturated heterocycles. The predicted molar refractivity (Wildman–Crippen MR) is 68.8 cm³/mol. The van der Waals surface area contributed by atoms with Gasteiger partial charge in [0.1, 0.15) is 0 Å². The van der Waals surface area contributed by atoms with Crippen molar-refractivity contribution < 1.29 is 18.3 Å². The molecule has 2 unspecified atom stereocenters. The summed E-state index contributed by atoms with van der Waals surface area (Å²) in [5.41, 5.74) is 0. The third-order valence-electron chi connectivity index (χ3n) is 3.26. The summed E-state index contributed by atoms with van der Waals surface area (Å²) in [5, 5.41) is 11.8. The first-order chi connectivity index (χ1) is 8.54. The fourth-order valence-electron chi connectivity index (χ4n) is 2.28. The molecule has 6 heteroatoms. The van der Waals surface area contributed by atoms with Crippen LogP contribution in [0.1, 0.15) is 32.1 Å². The van der Waals surface area contributed by atoms with Gasteiger partial charge in [-0.05, 0) is 31.4 Å². The number of halogens is 3. The van der Waals surface area contributed by atoms with E-state index in [1.807, 2.05) is 0 Å². The molecule has 0 heterocycles. The van der Waals surface area contributed by atoms with Gasteiger partial charge in [0.05, 0.1) is 5.92 Å². The molecule has 0 aliphatic heterocycles. The quantitative estimate of drug-likeness (QED) is 0.706. The summed E-state index contributed by atoms with van der Waals surface area (Å²) in [6.45, 7) is 0.960. The Balaban J connectivity index is 2.11. The van der Waals surface area contributed by atoms with Crippen LogP contribution in [-0.4, -0.2) is 42.0 Å². The summed E-state index contributed by atoms with van der Waals surface area (Å²) < 4.78 is 37.8. The number of hydrogen-bond donors (Lipinski definition) is 2. The fourth-order valence-corrected chi connectivity index (χ4v) is 3.08. The van der Waals surface area contributed by atoms with Crippen LogP contribution in [0.2, 0.25) is 0 Å². The Morgan fingerprint density at radius 3 is 2.67 bits per heavy atom. The number of nitrogens with one attached hydrogen (secondary N) is 1. The maximum atomic E-state index is 12.6. The van der Waals surface area contributed by atoms with Crippen molar-refractivity contribution in [1.29, 1.82) is 0 Å². The number of rotatable bonds is 7. The van der Waals surface area contributed by atoms with E-state index in [2.05, 4.69) is 5.32 Å². The molecule has 1 fully saturated rings. The second-order valence-electron chi connectivity index (χ2n) is 4.75. The lowest BCUT2D eigenvalue weighted by Crippen LogP contribution is -2.39. The minimum atomic E-state index is -4.03. The second-order valence-corrected chi connectivity index (χ2v) is 5.97. The molecule has 1 rings (SSSR count). The van der Waals surface area contributed by atoms with Gasteiger partial charge >= 0.3 is 6.18 Å². The highest BCUT2D eigenvalue weighted by Gasteiger charge is 2.41. The lowest BCUT2D eigenvalue weighted by Gasteiger charge is -2.31. The first-order valence-electron chi connectivity index (χ1n) is 6.52. The lowest BCUT2D eigenvalue weighted by molar-refractivity contribution is -0.183. The predicted octanol–water partition coefficient (Wildman–Crippen LogP) is 2.81. The molecule has 1 saturated carbocycles. The Labute approximate surface area is 111 Å². The Morgan fingerprint density at radius 2 is 2.00 bits per heavy atom. The number of aliphatic hydroxyl groups excluding tert-OH is 1. The van der Waals surface area contributed by atoms with E-state index < -0.39 is 12.1 Å². The summed E-state index contributed by atoms with van der Waals surface area (Å²) in [6, 6.07) is 0.0174. The van der Waals surface area contributed by atoms with Crippen molar-refractivity contribution in [1.82, 2.24) is 5.32 Å². The molecule has 0 bridgehead atoms. The van der Waals surface area contributed by atoms with Gasteiger partial charge in [-0.1, -0.05) is 6.42 Å². The van der Waals surface area contributed by atoms with Crippen LogP contribution in [-0.2, 0) is 0 Å². The summed E-state index contributed by atoms with van der Waals surface area (Å²) >= 11 is 1.73. The number of hydrogen-bond acceptors (Lipinski definition) is 3. The van der Waals surface area contributed by atoms with Crippen molar-refractivity contribution in [2.45, 2.75) is 44.3 Å². The molecule has 0 aromatic carbocycles. The zero-order valence-corrected chi connectivity index (χ0v) is 11.3. The Hall–Kier alpha value is 0.0600. The van der Waals surface area contributed by atoms with Crippen LogP contribution in [0.25, 0.3) is 0 Å². The smallest absolute Gasteiger partial charge is 0.391 e. The van der Waals surface area contributed by atoms with Crippen LogP contribution in [0.4, 0.5) is 13.2 Å². The van der Waals surface area contributed by atoms with E-state index in [9.17, 15) is 13.2 Å². The van der Waals surface area contributed by atoms with Gasteiger partial charge in [0, 0.05) is 24.9 Å². The van der Waals surface area contributed by atoms with Crippen LogP contribution in [0.5, 0.6) is 0 Å². The van der Waals surface area contributed by atoms with E-state index in [0.29, 0.717) is 6.42 Å². The van der Waals surface area contributed by atoms with E-state index in [1.54, 1.807) is 11.8 Å². The number of alkyl halides is 3. The van der Waals surface area contributed by atoms with Gasteiger partial charge in [0.25, 0.3) is 0 Å². The molecule has 0 aromatic rings. The number of aliphatic hydroxyl groups is 1. The Bertz CT molecular complexity index is 226. The summed E-state index contributed by atoms with van der Waals surface area (Å²) in [6.07, 6.45) is -1.22. The van der Waals surface area contributed by atoms with E-state index in [0.717, 1.165) is 30.9 Å². The molecule has 0 amide bonds. The Kier molecular flexibility index (Phi) is 7.41. The highest BCUT2D eigenvalue weighted by molar-refractivity contribution is 7.99. The van der Waals surface area contributed by atoms with Gasteiger partial charge in [-0.2, -0.15) is 24.9 Å². The molecule has 18 heavy (non-hydrogen) atoms. The molecule has 1 aliphatic rings. The topological polar surface area (TPSA) is 32.3 Å². The van der Waals surface area contributed by atoms with Gasteiger partial charge in [0.2, 0.25) is 0 Å². The molecule has 1 aliphatic carbocycles. The fraction of sp³-hybridized carbons (Fsp3) is 1.00.